The average molecular weight is 338 g/mol. The molecule has 0 saturated carbocycles. The summed E-state index contributed by atoms with van der Waals surface area (Å²) < 4.78 is 3.93. The van der Waals surface area contributed by atoms with Crippen LogP contribution in [0.5, 0.6) is 0 Å². The van der Waals surface area contributed by atoms with Crippen LogP contribution in [0.15, 0.2) is 24.4 Å². The van der Waals surface area contributed by atoms with Gasteiger partial charge in [0.05, 0.1) is 17.3 Å². The highest BCUT2D eigenvalue weighted by atomic mass is 16.2. The van der Waals surface area contributed by atoms with Gasteiger partial charge in [-0.3, -0.25) is 13.9 Å². The summed E-state index contributed by atoms with van der Waals surface area (Å²) in [5.74, 6) is 0.838. The van der Waals surface area contributed by atoms with Crippen LogP contribution in [-0.4, -0.2) is 48.3 Å². The van der Waals surface area contributed by atoms with E-state index in [1.165, 1.54) is 0 Å². The van der Waals surface area contributed by atoms with Crippen LogP contribution in [0.25, 0.3) is 5.65 Å². The van der Waals surface area contributed by atoms with E-state index in [0.29, 0.717) is 12.1 Å². The first kappa shape index (κ1) is 15.8. The van der Waals surface area contributed by atoms with Crippen molar-refractivity contribution in [2.75, 3.05) is 13.1 Å². The molecule has 7 heteroatoms. The van der Waals surface area contributed by atoms with Crippen molar-refractivity contribution in [3.63, 3.8) is 0 Å². The molecule has 1 fully saturated rings. The minimum atomic E-state index is 0.0567. The van der Waals surface area contributed by atoms with Crippen molar-refractivity contribution in [1.82, 2.24) is 29.3 Å². The molecule has 1 saturated heterocycles. The molecule has 0 spiro atoms. The molecular formula is C18H22N6O. The second kappa shape index (κ2) is 5.98. The van der Waals surface area contributed by atoms with E-state index in [0.717, 1.165) is 42.2 Å². The van der Waals surface area contributed by atoms with E-state index in [2.05, 4.69) is 33.0 Å². The Labute approximate surface area is 146 Å². The lowest BCUT2D eigenvalue weighted by Gasteiger charge is -2.33. The standard InChI is InChI=1S/C18H22N6O/c1-12-9-13(2)24(21-12)16-5-4-8-22(11-16)18(25)15-6-7-17-20-19-14(3)23(17)10-15/h6-7,9-10,16H,4-5,8,11H2,1-3H3. The largest absolute Gasteiger partial charge is 0.336 e. The molecule has 0 N–H and O–H groups in total. The fraction of sp³-hybridized carbons (Fsp3) is 0.444. The van der Waals surface area contributed by atoms with E-state index < -0.39 is 0 Å². The Morgan fingerprint density at radius 3 is 2.80 bits per heavy atom. The Morgan fingerprint density at radius 2 is 2.04 bits per heavy atom. The second-order valence-electron chi connectivity index (χ2n) is 6.81. The molecule has 1 amide bonds. The van der Waals surface area contributed by atoms with Crippen LogP contribution in [0.4, 0.5) is 0 Å². The van der Waals surface area contributed by atoms with Crippen LogP contribution in [-0.2, 0) is 0 Å². The zero-order chi connectivity index (χ0) is 17.6. The molecule has 130 valence electrons. The number of aromatic nitrogens is 5. The number of piperidine rings is 1. The van der Waals surface area contributed by atoms with Gasteiger partial charge in [0, 0.05) is 25.0 Å². The highest BCUT2D eigenvalue weighted by Crippen LogP contribution is 2.24. The molecule has 3 aromatic rings. The van der Waals surface area contributed by atoms with Crippen LogP contribution in [0.1, 0.15) is 46.5 Å². The van der Waals surface area contributed by atoms with Gasteiger partial charge in [-0.1, -0.05) is 0 Å². The van der Waals surface area contributed by atoms with Crippen molar-refractivity contribution in [1.29, 1.82) is 0 Å². The number of pyridine rings is 1. The average Bonchev–Trinajstić information content (AvgIpc) is 3.16. The number of hydrogen-bond acceptors (Lipinski definition) is 4. The van der Waals surface area contributed by atoms with Gasteiger partial charge in [0.1, 0.15) is 5.82 Å². The topological polar surface area (TPSA) is 68.3 Å². The SMILES string of the molecule is Cc1cc(C)n(C2CCCN(C(=O)c3ccc4nnc(C)n4c3)C2)n1. The maximum atomic E-state index is 13.0. The number of hydrogen-bond donors (Lipinski definition) is 0. The molecule has 4 heterocycles. The molecule has 1 aliphatic rings. The van der Waals surface area contributed by atoms with Crippen LogP contribution in [0.3, 0.4) is 0 Å². The quantitative estimate of drug-likeness (QED) is 0.719. The molecule has 1 aliphatic heterocycles. The van der Waals surface area contributed by atoms with Gasteiger partial charge in [0.25, 0.3) is 5.91 Å². The Hall–Kier alpha value is -2.70. The van der Waals surface area contributed by atoms with Gasteiger partial charge in [-0.25, -0.2) is 0 Å². The Kier molecular flexibility index (Phi) is 3.78. The molecule has 4 rings (SSSR count). The molecule has 0 radical (unpaired) electrons. The summed E-state index contributed by atoms with van der Waals surface area (Å²) in [5, 5.41) is 12.7. The molecule has 0 aliphatic carbocycles. The molecule has 25 heavy (non-hydrogen) atoms. The van der Waals surface area contributed by atoms with Crippen molar-refractivity contribution in [3.8, 4) is 0 Å². The van der Waals surface area contributed by atoms with Crippen molar-refractivity contribution in [2.45, 2.75) is 39.7 Å². The van der Waals surface area contributed by atoms with E-state index in [1.54, 1.807) is 0 Å². The van der Waals surface area contributed by atoms with Crippen molar-refractivity contribution in [3.05, 3.63) is 47.2 Å². The summed E-state index contributed by atoms with van der Waals surface area (Å²) in [5.41, 5.74) is 3.60. The maximum absolute atomic E-state index is 13.0. The molecule has 7 nitrogen and oxygen atoms in total. The highest BCUT2D eigenvalue weighted by molar-refractivity contribution is 5.94. The summed E-state index contributed by atoms with van der Waals surface area (Å²) in [7, 11) is 0. The van der Waals surface area contributed by atoms with E-state index in [1.807, 2.05) is 41.5 Å². The van der Waals surface area contributed by atoms with Gasteiger partial charge >= 0.3 is 0 Å². The number of rotatable bonds is 2. The number of likely N-dealkylation sites (tertiary alicyclic amines) is 1. The fourth-order valence-electron chi connectivity index (χ4n) is 3.67. The third-order valence-electron chi connectivity index (χ3n) is 4.89. The van der Waals surface area contributed by atoms with Crippen molar-refractivity contribution >= 4 is 11.6 Å². The maximum Gasteiger partial charge on any atom is 0.255 e. The van der Waals surface area contributed by atoms with Gasteiger partial charge < -0.3 is 4.90 Å². The first-order valence-electron chi connectivity index (χ1n) is 8.66. The predicted octanol–water partition coefficient (Wildman–Crippen LogP) is 2.33. The first-order valence-corrected chi connectivity index (χ1v) is 8.66. The molecule has 1 unspecified atom stereocenters. The number of fused-ring (bicyclic) bond motifs is 1. The van der Waals surface area contributed by atoms with Gasteiger partial charge in [0.15, 0.2) is 5.65 Å². The van der Waals surface area contributed by atoms with Crippen LogP contribution in [0.2, 0.25) is 0 Å². The fourth-order valence-corrected chi connectivity index (χ4v) is 3.67. The summed E-state index contributed by atoms with van der Waals surface area (Å²) in [6.07, 6.45) is 3.87. The number of carbonyl (C=O) groups is 1. The monoisotopic (exact) mass is 338 g/mol. The summed E-state index contributed by atoms with van der Waals surface area (Å²) in [6.45, 7) is 7.44. The first-order chi connectivity index (χ1) is 12.0. The second-order valence-corrected chi connectivity index (χ2v) is 6.81. The molecule has 0 aromatic carbocycles. The molecule has 1 atom stereocenters. The lowest BCUT2D eigenvalue weighted by Crippen LogP contribution is -2.41. The highest BCUT2D eigenvalue weighted by Gasteiger charge is 2.27. The molecule has 0 bridgehead atoms. The summed E-state index contributed by atoms with van der Waals surface area (Å²) in [4.78, 5) is 14.9. The predicted molar refractivity (Wildman–Crippen MR) is 93.6 cm³/mol. The van der Waals surface area contributed by atoms with Gasteiger partial charge in [-0.2, -0.15) is 5.10 Å². The Morgan fingerprint density at radius 1 is 1.20 bits per heavy atom. The molecular weight excluding hydrogens is 316 g/mol. The van der Waals surface area contributed by atoms with Crippen LogP contribution < -0.4 is 0 Å². The smallest absolute Gasteiger partial charge is 0.255 e. The Bertz CT molecular complexity index is 940. The zero-order valence-electron chi connectivity index (χ0n) is 14.8. The van der Waals surface area contributed by atoms with Gasteiger partial charge in [-0.15, -0.1) is 10.2 Å². The van der Waals surface area contributed by atoms with E-state index >= 15 is 0 Å². The third-order valence-corrected chi connectivity index (χ3v) is 4.89. The lowest BCUT2D eigenvalue weighted by molar-refractivity contribution is 0.0671. The zero-order valence-corrected chi connectivity index (χ0v) is 14.8. The van der Waals surface area contributed by atoms with Crippen LogP contribution >= 0.6 is 0 Å². The molecule has 3 aromatic heterocycles. The number of nitrogens with zero attached hydrogens (tertiary/aromatic N) is 6. The van der Waals surface area contributed by atoms with Crippen LogP contribution in [0, 0.1) is 20.8 Å². The van der Waals surface area contributed by atoms with Gasteiger partial charge in [0.2, 0.25) is 0 Å². The van der Waals surface area contributed by atoms with E-state index in [9.17, 15) is 4.79 Å². The normalized spacial score (nSPS) is 18.0. The summed E-state index contributed by atoms with van der Waals surface area (Å²) in [6, 6.07) is 6.00. The van der Waals surface area contributed by atoms with Crippen molar-refractivity contribution in [2.24, 2.45) is 0 Å². The van der Waals surface area contributed by atoms with Gasteiger partial charge in [-0.05, 0) is 51.8 Å². The van der Waals surface area contributed by atoms with Crippen molar-refractivity contribution < 1.29 is 4.79 Å². The number of carbonyl (C=O) groups excluding carboxylic acids is 1. The van der Waals surface area contributed by atoms with E-state index in [4.69, 9.17) is 0 Å². The minimum Gasteiger partial charge on any atom is -0.336 e. The van der Waals surface area contributed by atoms with E-state index in [-0.39, 0.29) is 11.9 Å². The Balaban J connectivity index is 1.58. The number of aryl methyl sites for hydroxylation is 3. The third kappa shape index (κ3) is 2.79. The minimum absolute atomic E-state index is 0.0567. The number of amides is 1. The lowest BCUT2D eigenvalue weighted by atomic mass is 10.0. The summed E-state index contributed by atoms with van der Waals surface area (Å²) >= 11 is 0.